The van der Waals surface area contributed by atoms with Crippen molar-refractivity contribution in [2.75, 3.05) is 0 Å². The van der Waals surface area contributed by atoms with Crippen LogP contribution in [-0.4, -0.2) is 5.97 Å². The van der Waals surface area contributed by atoms with Gasteiger partial charge in [0.15, 0.2) is 6.07 Å². The number of rotatable bonds is 1. The molecule has 3 rings (SSSR count). The highest BCUT2D eigenvalue weighted by atomic mass is 16.5. The smallest absolute Gasteiger partial charge is 0.415 e. The molecule has 0 N–H and O–H groups in total. The average Bonchev–Trinajstić information content (AvgIpc) is 2.76. The first-order valence-corrected chi connectivity index (χ1v) is 5.61. The molecule has 0 aliphatic heterocycles. The van der Waals surface area contributed by atoms with Gasteiger partial charge in [-0.25, -0.2) is 4.79 Å². The first-order chi connectivity index (χ1) is 8.78. The molecule has 1 aliphatic carbocycles. The Kier molecular flexibility index (Phi) is 2.35. The number of hydrogen-bond acceptors (Lipinski definition) is 3. The van der Waals surface area contributed by atoms with Gasteiger partial charge in [0.2, 0.25) is 0 Å². The van der Waals surface area contributed by atoms with Gasteiger partial charge in [-0.05, 0) is 40.8 Å². The van der Waals surface area contributed by atoms with E-state index in [4.69, 9.17) is 10.00 Å². The number of fused-ring (bicyclic) bond motifs is 3. The molecule has 0 amide bonds. The van der Waals surface area contributed by atoms with Gasteiger partial charge in [-0.3, -0.25) is 0 Å². The van der Waals surface area contributed by atoms with Gasteiger partial charge in [0.25, 0.3) is 0 Å². The minimum absolute atomic E-state index is 0.424. The molecule has 0 aromatic heterocycles. The molecule has 0 unspecified atom stereocenters. The molecule has 0 radical (unpaired) electrons. The van der Waals surface area contributed by atoms with Crippen LogP contribution in [0.25, 0.3) is 11.1 Å². The van der Waals surface area contributed by atoms with Crippen molar-refractivity contribution in [3.05, 3.63) is 53.6 Å². The number of nitrogens with zero attached hydrogens (tertiary/aromatic N) is 1. The predicted molar refractivity (Wildman–Crippen MR) is 65.9 cm³/mol. The molecule has 3 heteroatoms. The van der Waals surface area contributed by atoms with E-state index in [-0.39, 0.29) is 0 Å². The summed E-state index contributed by atoms with van der Waals surface area (Å²) in [5.41, 5.74) is 4.80. The highest BCUT2D eigenvalue weighted by molar-refractivity contribution is 5.88. The summed E-state index contributed by atoms with van der Waals surface area (Å²) in [6.07, 6.45) is 0.837. The molecule has 0 saturated heterocycles. The zero-order valence-corrected chi connectivity index (χ0v) is 9.51. The van der Waals surface area contributed by atoms with Crippen LogP contribution in [-0.2, 0) is 11.2 Å². The van der Waals surface area contributed by atoms with Crippen molar-refractivity contribution in [2.24, 2.45) is 0 Å². The van der Waals surface area contributed by atoms with Crippen LogP contribution in [0.4, 0.5) is 0 Å². The number of nitriles is 1. The molecule has 86 valence electrons. The third-order valence-corrected chi connectivity index (χ3v) is 3.07. The van der Waals surface area contributed by atoms with E-state index in [9.17, 15) is 4.79 Å². The molecule has 3 nitrogen and oxygen atoms in total. The van der Waals surface area contributed by atoms with Crippen molar-refractivity contribution in [3.63, 3.8) is 0 Å². The largest absolute Gasteiger partial charge is 0.416 e. The van der Waals surface area contributed by atoms with Gasteiger partial charge in [-0.15, -0.1) is 0 Å². The van der Waals surface area contributed by atoms with Crippen LogP contribution in [0.2, 0.25) is 0 Å². The van der Waals surface area contributed by atoms with Gasteiger partial charge in [-0.2, -0.15) is 5.26 Å². The summed E-state index contributed by atoms with van der Waals surface area (Å²) < 4.78 is 4.89. The number of carbonyl (C=O) groups is 1. The minimum atomic E-state index is -0.884. The lowest BCUT2D eigenvalue weighted by Crippen LogP contribution is -2.03. The molecule has 18 heavy (non-hydrogen) atoms. The van der Waals surface area contributed by atoms with Crippen molar-refractivity contribution in [2.45, 2.75) is 6.42 Å². The van der Waals surface area contributed by atoms with Crippen LogP contribution >= 0.6 is 0 Å². The van der Waals surface area contributed by atoms with E-state index < -0.39 is 5.97 Å². The van der Waals surface area contributed by atoms with Gasteiger partial charge in [-0.1, -0.05) is 30.3 Å². The second-order valence-corrected chi connectivity index (χ2v) is 4.15. The Morgan fingerprint density at radius 2 is 1.89 bits per heavy atom. The molecule has 2 aromatic rings. The zero-order valence-electron chi connectivity index (χ0n) is 9.51. The number of hydrogen-bond donors (Lipinski definition) is 0. The van der Waals surface area contributed by atoms with E-state index in [2.05, 4.69) is 12.1 Å². The van der Waals surface area contributed by atoms with E-state index in [1.54, 1.807) is 6.07 Å². The summed E-state index contributed by atoms with van der Waals surface area (Å²) in [5.74, 6) is -0.460. The topological polar surface area (TPSA) is 50.1 Å². The van der Waals surface area contributed by atoms with Gasteiger partial charge in [0.05, 0.1) is 0 Å². The van der Waals surface area contributed by atoms with Crippen LogP contribution < -0.4 is 4.74 Å². The van der Waals surface area contributed by atoms with E-state index >= 15 is 0 Å². The van der Waals surface area contributed by atoms with Crippen LogP contribution in [0, 0.1) is 11.3 Å². The van der Waals surface area contributed by atoms with Crippen LogP contribution in [0.5, 0.6) is 5.75 Å². The highest BCUT2D eigenvalue weighted by Gasteiger charge is 2.18. The normalized spacial score (nSPS) is 11.3. The van der Waals surface area contributed by atoms with Crippen molar-refractivity contribution < 1.29 is 9.53 Å². The summed E-state index contributed by atoms with van der Waals surface area (Å²) in [7, 11) is 0. The van der Waals surface area contributed by atoms with Crippen LogP contribution in [0.3, 0.4) is 0 Å². The lowest BCUT2D eigenvalue weighted by Gasteiger charge is -2.03. The fraction of sp³-hybridized carbons (Fsp3) is 0.0667. The average molecular weight is 235 g/mol. The van der Waals surface area contributed by atoms with Crippen molar-refractivity contribution in [1.29, 1.82) is 5.26 Å². The molecular formula is C15H9NO2. The monoisotopic (exact) mass is 235 g/mol. The van der Waals surface area contributed by atoms with E-state index in [0.717, 1.165) is 12.0 Å². The van der Waals surface area contributed by atoms with Gasteiger partial charge in [0.1, 0.15) is 5.75 Å². The predicted octanol–water partition coefficient (Wildman–Crippen LogP) is 2.69. The second-order valence-electron chi connectivity index (χ2n) is 4.15. The molecule has 0 bridgehead atoms. The number of carbonyl (C=O) groups excluding carboxylic acids is 1. The maximum atomic E-state index is 10.9. The summed E-state index contributed by atoms with van der Waals surface area (Å²) in [6, 6.07) is 15.1. The maximum absolute atomic E-state index is 10.9. The zero-order chi connectivity index (χ0) is 12.5. The fourth-order valence-electron chi connectivity index (χ4n) is 2.31. The molecule has 0 atom stereocenters. The van der Waals surface area contributed by atoms with Gasteiger partial charge >= 0.3 is 5.97 Å². The standard InChI is InChI=1S/C15H9NO2/c16-9-15(17)18-12-5-6-14-11(8-12)7-10-3-1-2-4-13(10)14/h1-6,8H,7H2. The third-order valence-electron chi connectivity index (χ3n) is 3.07. The Hall–Kier alpha value is -2.60. The fourth-order valence-corrected chi connectivity index (χ4v) is 2.31. The lowest BCUT2D eigenvalue weighted by atomic mass is 10.1. The van der Waals surface area contributed by atoms with Gasteiger partial charge < -0.3 is 4.74 Å². The molecule has 0 spiro atoms. The first kappa shape index (κ1) is 10.5. The molecule has 0 fully saturated rings. The third kappa shape index (κ3) is 1.64. The minimum Gasteiger partial charge on any atom is -0.415 e. The SMILES string of the molecule is N#CC(=O)Oc1ccc2c(c1)Cc1ccccc1-2. The highest BCUT2D eigenvalue weighted by Crippen LogP contribution is 2.37. The molecule has 2 aromatic carbocycles. The Morgan fingerprint density at radius 3 is 2.72 bits per heavy atom. The van der Waals surface area contributed by atoms with Crippen molar-refractivity contribution in [3.8, 4) is 22.9 Å². The molecule has 1 aliphatic rings. The number of ether oxygens (including phenoxy) is 1. The second kappa shape index (κ2) is 4.01. The maximum Gasteiger partial charge on any atom is 0.416 e. The van der Waals surface area contributed by atoms with Crippen LogP contribution in [0.1, 0.15) is 11.1 Å². The summed E-state index contributed by atoms with van der Waals surface area (Å²) in [4.78, 5) is 10.9. The summed E-state index contributed by atoms with van der Waals surface area (Å²) in [6.45, 7) is 0. The molecule has 0 saturated carbocycles. The van der Waals surface area contributed by atoms with Gasteiger partial charge in [0, 0.05) is 0 Å². The van der Waals surface area contributed by atoms with E-state index in [1.165, 1.54) is 22.8 Å². The Bertz CT molecular complexity index is 683. The number of benzene rings is 2. The quantitative estimate of drug-likeness (QED) is 0.370. The summed E-state index contributed by atoms with van der Waals surface area (Å²) in [5, 5.41) is 8.41. The van der Waals surface area contributed by atoms with E-state index in [1.807, 2.05) is 24.3 Å². The Morgan fingerprint density at radius 1 is 1.11 bits per heavy atom. The van der Waals surface area contributed by atoms with Crippen molar-refractivity contribution in [1.82, 2.24) is 0 Å². The van der Waals surface area contributed by atoms with Crippen LogP contribution in [0.15, 0.2) is 42.5 Å². The Balaban J connectivity index is 1.99. The molecule has 0 heterocycles. The Labute approximate surface area is 104 Å². The van der Waals surface area contributed by atoms with Crippen molar-refractivity contribution >= 4 is 5.97 Å². The lowest BCUT2D eigenvalue weighted by molar-refractivity contribution is -0.128. The van der Waals surface area contributed by atoms with E-state index in [0.29, 0.717) is 5.75 Å². The first-order valence-electron chi connectivity index (χ1n) is 5.61. The number of esters is 1. The molecular weight excluding hydrogens is 226 g/mol. The summed E-state index contributed by atoms with van der Waals surface area (Å²) >= 11 is 0.